The lowest BCUT2D eigenvalue weighted by Gasteiger charge is -2.22. The number of halogens is 2. The van der Waals surface area contributed by atoms with E-state index in [0.29, 0.717) is 12.1 Å². The van der Waals surface area contributed by atoms with Gasteiger partial charge in [0.15, 0.2) is 11.6 Å². The Morgan fingerprint density at radius 2 is 1.95 bits per heavy atom. The summed E-state index contributed by atoms with van der Waals surface area (Å²) < 4.78 is 25.9. The van der Waals surface area contributed by atoms with Crippen molar-refractivity contribution in [2.45, 2.75) is 31.9 Å². The van der Waals surface area contributed by atoms with Crippen LogP contribution in [0.15, 0.2) is 18.2 Å². The summed E-state index contributed by atoms with van der Waals surface area (Å²) >= 11 is 0. The molecule has 2 rings (SSSR count). The van der Waals surface area contributed by atoms with Gasteiger partial charge in [-0.05, 0) is 50.6 Å². The van der Waals surface area contributed by atoms with Crippen LogP contribution in [0.1, 0.15) is 31.4 Å². The number of aliphatic hydroxyl groups is 1. The number of hydrogen-bond acceptors (Lipinski definition) is 3. The van der Waals surface area contributed by atoms with Crippen LogP contribution in [0.2, 0.25) is 0 Å². The summed E-state index contributed by atoms with van der Waals surface area (Å²) in [6.07, 6.45) is 1.68. The first-order valence-electron chi connectivity index (χ1n) is 7.15. The highest BCUT2D eigenvalue weighted by molar-refractivity contribution is 5.20. The molecule has 1 aliphatic rings. The van der Waals surface area contributed by atoms with Crippen LogP contribution in [0.25, 0.3) is 0 Å². The first kappa shape index (κ1) is 15.4. The van der Waals surface area contributed by atoms with E-state index >= 15 is 0 Å². The lowest BCUT2D eigenvalue weighted by Crippen LogP contribution is -2.39. The molecule has 5 heteroatoms. The maximum Gasteiger partial charge on any atom is 0.159 e. The predicted octanol–water partition coefficient (Wildman–Crippen LogP) is 2.07. The van der Waals surface area contributed by atoms with Gasteiger partial charge in [0.05, 0.1) is 6.10 Å². The molecule has 0 aliphatic carbocycles. The fourth-order valence-corrected chi connectivity index (χ4v) is 2.57. The molecular formula is C15H22F2N2O. The van der Waals surface area contributed by atoms with E-state index in [1.165, 1.54) is 18.9 Å². The SMILES string of the molecule is CC(CN1CCCC1)NCC(O)c1ccc(F)c(F)c1. The van der Waals surface area contributed by atoms with Gasteiger partial charge in [-0.3, -0.25) is 0 Å². The molecule has 112 valence electrons. The van der Waals surface area contributed by atoms with Crippen molar-refractivity contribution >= 4 is 0 Å². The zero-order valence-electron chi connectivity index (χ0n) is 11.8. The van der Waals surface area contributed by atoms with Gasteiger partial charge >= 0.3 is 0 Å². The summed E-state index contributed by atoms with van der Waals surface area (Å²) in [6, 6.07) is 3.76. The normalized spacial score (nSPS) is 19.2. The lowest BCUT2D eigenvalue weighted by molar-refractivity contribution is 0.165. The Morgan fingerprint density at radius 3 is 2.60 bits per heavy atom. The smallest absolute Gasteiger partial charge is 0.159 e. The second-order valence-corrected chi connectivity index (χ2v) is 5.51. The first-order valence-corrected chi connectivity index (χ1v) is 7.15. The van der Waals surface area contributed by atoms with E-state index in [9.17, 15) is 13.9 Å². The van der Waals surface area contributed by atoms with E-state index in [2.05, 4.69) is 17.1 Å². The average molecular weight is 284 g/mol. The molecule has 1 saturated heterocycles. The van der Waals surface area contributed by atoms with Crippen LogP contribution in [-0.2, 0) is 0 Å². The molecular weight excluding hydrogens is 262 g/mol. The van der Waals surface area contributed by atoms with Gasteiger partial charge in [0, 0.05) is 19.1 Å². The van der Waals surface area contributed by atoms with Gasteiger partial charge < -0.3 is 15.3 Å². The zero-order chi connectivity index (χ0) is 14.5. The van der Waals surface area contributed by atoms with Crippen LogP contribution < -0.4 is 5.32 Å². The minimum atomic E-state index is -0.924. The summed E-state index contributed by atoms with van der Waals surface area (Å²) in [5, 5.41) is 13.2. The molecule has 1 aromatic carbocycles. The van der Waals surface area contributed by atoms with Crippen molar-refractivity contribution in [3.63, 3.8) is 0 Å². The van der Waals surface area contributed by atoms with Gasteiger partial charge in [-0.15, -0.1) is 0 Å². The number of hydrogen-bond donors (Lipinski definition) is 2. The van der Waals surface area contributed by atoms with Crippen LogP contribution in [0.5, 0.6) is 0 Å². The second kappa shape index (κ2) is 7.11. The van der Waals surface area contributed by atoms with Gasteiger partial charge in [-0.25, -0.2) is 8.78 Å². The average Bonchev–Trinajstić information content (AvgIpc) is 2.92. The van der Waals surface area contributed by atoms with E-state index in [1.807, 2.05) is 0 Å². The van der Waals surface area contributed by atoms with Crippen molar-refractivity contribution in [3.8, 4) is 0 Å². The maximum atomic E-state index is 13.1. The van der Waals surface area contributed by atoms with Crippen molar-refractivity contribution < 1.29 is 13.9 Å². The number of likely N-dealkylation sites (tertiary alicyclic amines) is 1. The molecule has 0 aromatic heterocycles. The number of nitrogens with zero attached hydrogens (tertiary/aromatic N) is 1. The molecule has 0 radical (unpaired) electrons. The number of aliphatic hydroxyl groups excluding tert-OH is 1. The van der Waals surface area contributed by atoms with Crippen LogP contribution in [-0.4, -0.2) is 42.2 Å². The third-order valence-electron chi connectivity index (χ3n) is 3.72. The Kier molecular flexibility index (Phi) is 5.46. The number of rotatable bonds is 6. The minimum absolute atomic E-state index is 0.257. The standard InChI is InChI=1S/C15H22F2N2O/c1-11(10-19-6-2-3-7-19)18-9-15(20)12-4-5-13(16)14(17)8-12/h4-5,8,11,15,18,20H,2-3,6-7,9-10H2,1H3. The van der Waals surface area contributed by atoms with Crippen LogP contribution in [0.3, 0.4) is 0 Å². The molecule has 3 nitrogen and oxygen atoms in total. The topological polar surface area (TPSA) is 35.5 Å². The van der Waals surface area contributed by atoms with Crippen LogP contribution in [0.4, 0.5) is 8.78 Å². The molecule has 1 heterocycles. The summed E-state index contributed by atoms with van der Waals surface area (Å²) in [5.41, 5.74) is 0.393. The van der Waals surface area contributed by atoms with Crippen LogP contribution >= 0.6 is 0 Å². The fourth-order valence-electron chi connectivity index (χ4n) is 2.57. The predicted molar refractivity (Wildman–Crippen MR) is 74.5 cm³/mol. The first-order chi connectivity index (χ1) is 9.56. The highest BCUT2D eigenvalue weighted by atomic mass is 19.2. The monoisotopic (exact) mass is 284 g/mol. The Bertz CT molecular complexity index is 436. The van der Waals surface area contributed by atoms with Crippen LogP contribution in [0, 0.1) is 11.6 Å². The van der Waals surface area contributed by atoms with Gasteiger partial charge in [0.2, 0.25) is 0 Å². The van der Waals surface area contributed by atoms with E-state index < -0.39 is 17.7 Å². The van der Waals surface area contributed by atoms with Crippen molar-refractivity contribution in [3.05, 3.63) is 35.4 Å². The molecule has 0 bridgehead atoms. The molecule has 2 N–H and O–H groups in total. The molecule has 0 saturated carbocycles. The largest absolute Gasteiger partial charge is 0.387 e. The van der Waals surface area contributed by atoms with Crippen molar-refractivity contribution in [1.82, 2.24) is 10.2 Å². The molecule has 20 heavy (non-hydrogen) atoms. The molecule has 1 fully saturated rings. The zero-order valence-corrected chi connectivity index (χ0v) is 11.8. The molecule has 1 aliphatic heterocycles. The number of nitrogens with one attached hydrogen (secondary N) is 1. The highest BCUT2D eigenvalue weighted by Crippen LogP contribution is 2.16. The minimum Gasteiger partial charge on any atom is -0.387 e. The third kappa shape index (κ3) is 4.23. The Hall–Kier alpha value is -1.04. The van der Waals surface area contributed by atoms with Gasteiger partial charge in [-0.1, -0.05) is 6.07 Å². The van der Waals surface area contributed by atoms with Gasteiger partial charge in [0.25, 0.3) is 0 Å². The lowest BCUT2D eigenvalue weighted by atomic mass is 10.1. The summed E-state index contributed by atoms with van der Waals surface area (Å²) in [5.74, 6) is -1.82. The second-order valence-electron chi connectivity index (χ2n) is 5.51. The molecule has 1 aromatic rings. The molecule has 0 amide bonds. The van der Waals surface area contributed by atoms with Gasteiger partial charge in [0.1, 0.15) is 0 Å². The number of benzene rings is 1. The molecule has 2 unspecified atom stereocenters. The van der Waals surface area contributed by atoms with Crippen molar-refractivity contribution in [2.24, 2.45) is 0 Å². The third-order valence-corrected chi connectivity index (χ3v) is 3.72. The van der Waals surface area contributed by atoms with E-state index in [4.69, 9.17) is 0 Å². The Morgan fingerprint density at radius 1 is 1.25 bits per heavy atom. The summed E-state index contributed by atoms with van der Waals surface area (Å²) in [6.45, 7) is 5.62. The Balaban J connectivity index is 1.78. The summed E-state index contributed by atoms with van der Waals surface area (Å²) in [7, 11) is 0. The summed E-state index contributed by atoms with van der Waals surface area (Å²) in [4.78, 5) is 2.39. The molecule has 2 atom stereocenters. The Labute approximate surface area is 118 Å². The quantitative estimate of drug-likeness (QED) is 0.839. The molecule has 0 spiro atoms. The highest BCUT2D eigenvalue weighted by Gasteiger charge is 2.16. The van der Waals surface area contributed by atoms with E-state index in [-0.39, 0.29) is 6.04 Å². The maximum absolute atomic E-state index is 13.1. The van der Waals surface area contributed by atoms with Crippen molar-refractivity contribution in [1.29, 1.82) is 0 Å². The van der Waals surface area contributed by atoms with Gasteiger partial charge in [-0.2, -0.15) is 0 Å². The van der Waals surface area contributed by atoms with E-state index in [1.54, 1.807) is 0 Å². The van der Waals surface area contributed by atoms with E-state index in [0.717, 1.165) is 31.8 Å². The fraction of sp³-hybridized carbons (Fsp3) is 0.600. The van der Waals surface area contributed by atoms with Crippen molar-refractivity contribution in [2.75, 3.05) is 26.2 Å².